The Kier molecular flexibility index (Phi) is 4.73. The van der Waals surface area contributed by atoms with Crippen LogP contribution in [0.25, 0.3) is 0 Å². The van der Waals surface area contributed by atoms with Crippen molar-refractivity contribution >= 4 is 29.1 Å². The summed E-state index contributed by atoms with van der Waals surface area (Å²) in [5.41, 5.74) is -0.518. The van der Waals surface area contributed by atoms with Crippen LogP contribution in [-0.2, 0) is 11.3 Å². The molecule has 120 valence electrons. The topological polar surface area (TPSA) is 55.2 Å². The molecular formula is C15H19Cl2N3O2. The van der Waals surface area contributed by atoms with Gasteiger partial charge in [0.1, 0.15) is 11.6 Å². The highest BCUT2D eigenvalue weighted by molar-refractivity contribution is 6.41. The van der Waals surface area contributed by atoms with Gasteiger partial charge in [0.05, 0.1) is 11.2 Å². The van der Waals surface area contributed by atoms with Gasteiger partial charge in [-0.05, 0) is 24.7 Å². The second-order valence-electron chi connectivity index (χ2n) is 6.20. The molecular weight excluding hydrogens is 325 g/mol. The maximum Gasteiger partial charge on any atom is 0.287 e. The quantitative estimate of drug-likeness (QED) is 0.829. The monoisotopic (exact) mass is 343 g/mol. The van der Waals surface area contributed by atoms with Crippen molar-refractivity contribution in [1.82, 2.24) is 14.7 Å². The number of carbonyl (C=O) groups excluding carboxylic acids is 1. The van der Waals surface area contributed by atoms with E-state index in [2.05, 4.69) is 5.10 Å². The van der Waals surface area contributed by atoms with Crippen molar-refractivity contribution in [3.8, 4) is 0 Å². The van der Waals surface area contributed by atoms with Gasteiger partial charge in [0.2, 0.25) is 5.91 Å². The molecule has 1 amide bonds. The molecule has 5 nitrogen and oxygen atoms in total. The van der Waals surface area contributed by atoms with Gasteiger partial charge in [0.25, 0.3) is 5.56 Å². The summed E-state index contributed by atoms with van der Waals surface area (Å²) in [6.07, 6.45) is 7.45. The van der Waals surface area contributed by atoms with Crippen molar-refractivity contribution in [3.63, 3.8) is 0 Å². The molecule has 2 heterocycles. The van der Waals surface area contributed by atoms with Crippen LogP contribution in [0.3, 0.4) is 0 Å². The third-order valence-electron chi connectivity index (χ3n) is 4.87. The molecule has 1 aliphatic heterocycles. The van der Waals surface area contributed by atoms with E-state index >= 15 is 0 Å². The fraction of sp³-hybridized carbons (Fsp3) is 0.667. The predicted octanol–water partition coefficient (Wildman–Crippen LogP) is 2.59. The van der Waals surface area contributed by atoms with E-state index in [0.29, 0.717) is 5.92 Å². The Balaban J connectivity index is 1.67. The van der Waals surface area contributed by atoms with Gasteiger partial charge in [-0.2, -0.15) is 5.10 Å². The Morgan fingerprint density at radius 3 is 2.73 bits per heavy atom. The average molecular weight is 344 g/mol. The molecule has 7 heteroatoms. The molecule has 1 aromatic rings. The molecule has 2 atom stereocenters. The molecule has 0 spiro atoms. The van der Waals surface area contributed by atoms with E-state index in [1.807, 2.05) is 4.90 Å². The lowest BCUT2D eigenvalue weighted by atomic mass is 9.75. The summed E-state index contributed by atoms with van der Waals surface area (Å²) in [6.45, 7) is 1.50. The lowest BCUT2D eigenvalue weighted by Crippen LogP contribution is -2.46. The van der Waals surface area contributed by atoms with E-state index < -0.39 is 5.56 Å². The molecule has 1 saturated heterocycles. The minimum atomic E-state index is -0.518. The Morgan fingerprint density at radius 2 is 1.95 bits per heavy atom. The minimum absolute atomic E-state index is 0.0722. The van der Waals surface area contributed by atoms with Crippen molar-refractivity contribution < 1.29 is 4.79 Å². The van der Waals surface area contributed by atoms with Gasteiger partial charge >= 0.3 is 0 Å². The Bertz CT molecular complexity index is 632. The number of hydrogen-bond donors (Lipinski definition) is 0. The average Bonchev–Trinajstić information content (AvgIpc) is 2.55. The van der Waals surface area contributed by atoms with Gasteiger partial charge in [0.15, 0.2) is 0 Å². The molecule has 1 aromatic heterocycles. The molecule has 0 N–H and O–H groups in total. The smallest absolute Gasteiger partial charge is 0.287 e. The molecule has 2 fully saturated rings. The number of amides is 1. The Labute approximate surface area is 139 Å². The Hall–Kier alpha value is -1.07. The van der Waals surface area contributed by atoms with Crippen LogP contribution in [0.2, 0.25) is 10.0 Å². The third-order valence-corrected chi connectivity index (χ3v) is 5.62. The van der Waals surface area contributed by atoms with Crippen LogP contribution in [0, 0.1) is 11.8 Å². The number of aromatic nitrogens is 2. The SMILES string of the molecule is O=C(Cn1ncc(Cl)c(Cl)c1=O)N1CC[C@@H]2CCCC[C@@H]2C1. The van der Waals surface area contributed by atoms with E-state index in [4.69, 9.17) is 23.2 Å². The number of fused-ring (bicyclic) bond motifs is 1. The number of rotatable bonds is 2. The van der Waals surface area contributed by atoms with Gasteiger partial charge in [-0.1, -0.05) is 42.5 Å². The number of hydrogen-bond acceptors (Lipinski definition) is 3. The number of carbonyl (C=O) groups is 1. The molecule has 3 rings (SSSR count). The lowest BCUT2D eigenvalue weighted by Gasteiger charge is -2.41. The standard InChI is InChI=1S/C15H19Cl2N3O2/c16-12-7-18-20(15(22)14(12)17)9-13(21)19-6-5-10-3-1-2-4-11(10)8-19/h7,10-11H,1-6,8-9H2/t10-,11+/m0/s1. The summed E-state index contributed by atoms with van der Waals surface area (Å²) in [5.74, 6) is 1.31. The van der Waals surface area contributed by atoms with E-state index in [9.17, 15) is 9.59 Å². The number of halogens is 2. The first-order valence-electron chi connectivity index (χ1n) is 7.75. The van der Waals surface area contributed by atoms with Crippen LogP contribution >= 0.6 is 23.2 Å². The van der Waals surface area contributed by atoms with Gasteiger partial charge in [-0.3, -0.25) is 9.59 Å². The predicted molar refractivity (Wildman–Crippen MR) is 85.2 cm³/mol. The number of piperidine rings is 1. The van der Waals surface area contributed by atoms with Crippen LogP contribution in [0.15, 0.2) is 11.0 Å². The summed E-state index contributed by atoms with van der Waals surface area (Å²) in [6, 6.07) is 0. The second-order valence-corrected chi connectivity index (χ2v) is 6.99. The zero-order chi connectivity index (χ0) is 15.7. The van der Waals surface area contributed by atoms with Gasteiger partial charge in [-0.15, -0.1) is 0 Å². The van der Waals surface area contributed by atoms with Crippen LogP contribution in [0.5, 0.6) is 0 Å². The summed E-state index contributed by atoms with van der Waals surface area (Å²) < 4.78 is 1.09. The van der Waals surface area contributed by atoms with Crippen LogP contribution in [-0.4, -0.2) is 33.7 Å². The molecule has 1 saturated carbocycles. The van der Waals surface area contributed by atoms with Gasteiger partial charge in [-0.25, -0.2) is 4.68 Å². The Morgan fingerprint density at radius 1 is 1.23 bits per heavy atom. The van der Waals surface area contributed by atoms with Gasteiger partial charge < -0.3 is 4.90 Å². The van der Waals surface area contributed by atoms with Crippen LogP contribution in [0.1, 0.15) is 32.1 Å². The highest BCUT2D eigenvalue weighted by atomic mass is 35.5. The maximum atomic E-state index is 12.4. The number of likely N-dealkylation sites (tertiary alicyclic amines) is 1. The van der Waals surface area contributed by atoms with Crippen molar-refractivity contribution in [1.29, 1.82) is 0 Å². The summed E-state index contributed by atoms with van der Waals surface area (Å²) in [5, 5.41) is 3.92. The van der Waals surface area contributed by atoms with E-state index in [1.165, 1.54) is 31.9 Å². The lowest BCUT2D eigenvalue weighted by molar-refractivity contribution is -0.135. The third kappa shape index (κ3) is 3.15. The van der Waals surface area contributed by atoms with Gasteiger partial charge in [0, 0.05) is 13.1 Å². The van der Waals surface area contributed by atoms with Crippen molar-refractivity contribution in [2.24, 2.45) is 11.8 Å². The van der Waals surface area contributed by atoms with Crippen LogP contribution < -0.4 is 5.56 Å². The fourth-order valence-corrected chi connectivity index (χ4v) is 3.88. The molecule has 0 aromatic carbocycles. The molecule has 22 heavy (non-hydrogen) atoms. The first kappa shape index (κ1) is 15.8. The second kappa shape index (κ2) is 6.59. The molecule has 2 aliphatic rings. The summed E-state index contributed by atoms with van der Waals surface area (Å²) in [4.78, 5) is 26.3. The first-order chi connectivity index (χ1) is 10.6. The number of nitrogens with zero attached hydrogens (tertiary/aromatic N) is 3. The molecule has 0 unspecified atom stereocenters. The fourth-order valence-electron chi connectivity index (χ4n) is 3.61. The van der Waals surface area contributed by atoms with E-state index in [1.54, 1.807) is 0 Å². The van der Waals surface area contributed by atoms with Crippen molar-refractivity contribution in [2.75, 3.05) is 13.1 Å². The zero-order valence-corrected chi connectivity index (χ0v) is 13.8. The molecule has 0 radical (unpaired) electrons. The normalized spacial score (nSPS) is 24.9. The molecule has 1 aliphatic carbocycles. The van der Waals surface area contributed by atoms with Crippen molar-refractivity contribution in [2.45, 2.75) is 38.6 Å². The summed E-state index contributed by atoms with van der Waals surface area (Å²) >= 11 is 11.6. The highest BCUT2D eigenvalue weighted by Gasteiger charge is 2.33. The molecule has 0 bridgehead atoms. The van der Waals surface area contributed by atoms with E-state index in [0.717, 1.165) is 30.1 Å². The zero-order valence-electron chi connectivity index (χ0n) is 12.3. The summed E-state index contributed by atoms with van der Waals surface area (Å²) in [7, 11) is 0. The van der Waals surface area contributed by atoms with Crippen molar-refractivity contribution in [3.05, 3.63) is 26.6 Å². The highest BCUT2D eigenvalue weighted by Crippen LogP contribution is 2.36. The first-order valence-corrected chi connectivity index (χ1v) is 8.50. The van der Waals surface area contributed by atoms with Crippen LogP contribution in [0.4, 0.5) is 0 Å². The largest absolute Gasteiger partial charge is 0.341 e. The minimum Gasteiger partial charge on any atom is -0.341 e. The maximum absolute atomic E-state index is 12.4. The van der Waals surface area contributed by atoms with E-state index in [-0.39, 0.29) is 22.5 Å².